The lowest BCUT2D eigenvalue weighted by molar-refractivity contribution is 0.207. The molecule has 0 atom stereocenters. The highest BCUT2D eigenvalue weighted by atomic mass is 19.1. The van der Waals surface area contributed by atoms with Gasteiger partial charge >= 0.3 is 6.03 Å². The topological polar surface area (TPSA) is 50.2 Å². The first-order chi connectivity index (χ1) is 15.3. The summed E-state index contributed by atoms with van der Waals surface area (Å²) in [6, 6.07) is 12.4. The summed E-state index contributed by atoms with van der Waals surface area (Å²) < 4.78 is 15.4. The Morgan fingerprint density at radius 1 is 1.06 bits per heavy atom. The normalized spacial score (nSPS) is 11.2. The number of hydrogen-bond acceptors (Lipinski definition) is 2. The summed E-state index contributed by atoms with van der Waals surface area (Å²) in [5.74, 6) is 0.295. The third-order valence-electron chi connectivity index (χ3n) is 5.58. The number of carbonyl (C=O) groups is 1. The van der Waals surface area contributed by atoms with Crippen molar-refractivity contribution < 1.29 is 9.18 Å². The molecule has 1 heterocycles. The molecule has 5 nitrogen and oxygen atoms in total. The first-order valence-electron chi connectivity index (χ1n) is 11.2. The number of anilines is 1. The van der Waals surface area contributed by atoms with Gasteiger partial charge in [-0.15, -0.1) is 0 Å². The van der Waals surface area contributed by atoms with Crippen LogP contribution in [0, 0.1) is 5.82 Å². The van der Waals surface area contributed by atoms with E-state index >= 15 is 0 Å². The molecule has 1 aromatic heterocycles. The number of amides is 2. The minimum absolute atomic E-state index is 0.144. The van der Waals surface area contributed by atoms with Crippen molar-refractivity contribution in [2.45, 2.75) is 59.0 Å². The number of nitrogens with one attached hydrogen (secondary N) is 1. The number of carbonyl (C=O) groups excluding carboxylic acids is 1. The number of imidazole rings is 1. The van der Waals surface area contributed by atoms with Gasteiger partial charge in [0.05, 0.1) is 6.33 Å². The summed E-state index contributed by atoms with van der Waals surface area (Å²) in [5, 5.41) is 3.21. The van der Waals surface area contributed by atoms with Gasteiger partial charge in [0, 0.05) is 37.7 Å². The number of halogens is 1. The van der Waals surface area contributed by atoms with Gasteiger partial charge in [-0.1, -0.05) is 58.0 Å². The van der Waals surface area contributed by atoms with E-state index in [0.717, 1.165) is 35.3 Å². The van der Waals surface area contributed by atoms with Crippen LogP contribution in [0.25, 0.3) is 0 Å². The van der Waals surface area contributed by atoms with E-state index in [4.69, 9.17) is 0 Å². The van der Waals surface area contributed by atoms with Gasteiger partial charge in [-0.2, -0.15) is 0 Å². The average Bonchev–Trinajstić information content (AvgIpc) is 3.27. The van der Waals surface area contributed by atoms with E-state index in [1.165, 1.54) is 12.1 Å². The lowest BCUT2D eigenvalue weighted by atomic mass is 9.93. The van der Waals surface area contributed by atoms with Gasteiger partial charge in [-0.05, 0) is 47.1 Å². The third kappa shape index (κ3) is 6.19. The Labute approximate surface area is 190 Å². The van der Waals surface area contributed by atoms with Gasteiger partial charge in [-0.3, -0.25) is 0 Å². The van der Waals surface area contributed by atoms with Crippen LogP contribution in [-0.2, 0) is 13.1 Å². The molecule has 0 saturated carbocycles. The fourth-order valence-electron chi connectivity index (χ4n) is 3.81. The predicted octanol–water partition coefficient (Wildman–Crippen LogP) is 6.39. The summed E-state index contributed by atoms with van der Waals surface area (Å²) in [7, 11) is 0. The second-order valence-electron chi connectivity index (χ2n) is 8.75. The van der Waals surface area contributed by atoms with Crippen molar-refractivity contribution in [2.24, 2.45) is 0 Å². The lowest BCUT2D eigenvalue weighted by Gasteiger charge is -2.26. The number of nitrogens with zero attached hydrogens (tertiary/aromatic N) is 3. The Balaban J connectivity index is 1.81. The maximum Gasteiger partial charge on any atom is 0.322 e. The monoisotopic (exact) mass is 436 g/mol. The molecule has 0 bridgehead atoms. The molecule has 0 unspecified atom stereocenters. The SMILES string of the molecule is CC(C)c1cccc(C(C)C)c1NC(=O)N(CCCn1ccnc1)Cc1ccc(F)cc1. The number of hydrogen-bond donors (Lipinski definition) is 1. The predicted molar refractivity (Wildman–Crippen MR) is 127 cm³/mol. The van der Waals surface area contributed by atoms with Crippen LogP contribution in [0.2, 0.25) is 0 Å². The summed E-state index contributed by atoms with van der Waals surface area (Å²) >= 11 is 0. The van der Waals surface area contributed by atoms with E-state index in [-0.39, 0.29) is 23.7 Å². The third-order valence-corrected chi connectivity index (χ3v) is 5.58. The van der Waals surface area contributed by atoms with Gasteiger partial charge < -0.3 is 14.8 Å². The van der Waals surface area contributed by atoms with Crippen LogP contribution in [0.4, 0.5) is 14.9 Å². The van der Waals surface area contributed by atoms with Crippen LogP contribution in [0.3, 0.4) is 0 Å². The highest BCUT2D eigenvalue weighted by Crippen LogP contribution is 2.32. The maximum absolute atomic E-state index is 13.4. The Kier molecular flexibility index (Phi) is 8.03. The molecule has 6 heteroatoms. The van der Waals surface area contributed by atoms with E-state index in [2.05, 4.69) is 56.2 Å². The van der Waals surface area contributed by atoms with Crippen molar-refractivity contribution in [3.05, 3.63) is 83.7 Å². The molecule has 32 heavy (non-hydrogen) atoms. The maximum atomic E-state index is 13.4. The summed E-state index contributed by atoms with van der Waals surface area (Å²) in [4.78, 5) is 19.3. The van der Waals surface area contributed by atoms with Crippen molar-refractivity contribution in [3.8, 4) is 0 Å². The van der Waals surface area contributed by atoms with Crippen LogP contribution < -0.4 is 5.32 Å². The number of rotatable bonds is 9. The zero-order chi connectivity index (χ0) is 23.1. The van der Waals surface area contributed by atoms with E-state index in [9.17, 15) is 9.18 Å². The van der Waals surface area contributed by atoms with Crippen molar-refractivity contribution in [3.63, 3.8) is 0 Å². The van der Waals surface area contributed by atoms with E-state index in [1.807, 2.05) is 10.8 Å². The van der Waals surface area contributed by atoms with Gasteiger partial charge in [0.25, 0.3) is 0 Å². The summed E-state index contributed by atoms with van der Waals surface area (Å²) in [5.41, 5.74) is 4.06. The van der Waals surface area contributed by atoms with Crippen LogP contribution in [-0.4, -0.2) is 27.0 Å². The largest absolute Gasteiger partial charge is 0.337 e. The van der Waals surface area contributed by atoms with E-state index < -0.39 is 0 Å². The van der Waals surface area contributed by atoms with Gasteiger partial charge in [-0.25, -0.2) is 14.2 Å². The number of aryl methyl sites for hydroxylation is 1. The molecule has 170 valence electrons. The van der Waals surface area contributed by atoms with Crippen molar-refractivity contribution in [1.82, 2.24) is 14.5 Å². The minimum Gasteiger partial charge on any atom is -0.337 e. The minimum atomic E-state index is -0.280. The van der Waals surface area contributed by atoms with Crippen LogP contribution >= 0.6 is 0 Å². The Hall–Kier alpha value is -3.15. The van der Waals surface area contributed by atoms with Crippen molar-refractivity contribution in [1.29, 1.82) is 0 Å². The molecule has 2 aromatic carbocycles. The molecular weight excluding hydrogens is 403 g/mol. The van der Waals surface area contributed by atoms with E-state index in [1.54, 1.807) is 29.6 Å². The molecule has 0 aliphatic heterocycles. The van der Waals surface area contributed by atoms with Gasteiger partial charge in [0.1, 0.15) is 5.82 Å². The van der Waals surface area contributed by atoms with Crippen molar-refractivity contribution >= 4 is 11.7 Å². The highest BCUT2D eigenvalue weighted by Gasteiger charge is 2.20. The second-order valence-corrected chi connectivity index (χ2v) is 8.75. The first kappa shape index (κ1) is 23.5. The molecule has 3 aromatic rings. The number of benzene rings is 2. The van der Waals surface area contributed by atoms with Crippen molar-refractivity contribution in [2.75, 3.05) is 11.9 Å². The number of urea groups is 1. The van der Waals surface area contributed by atoms with Gasteiger partial charge in [0.2, 0.25) is 0 Å². The summed E-state index contributed by atoms with van der Waals surface area (Å²) in [6.07, 6.45) is 6.23. The fraction of sp³-hybridized carbons (Fsp3) is 0.385. The number of aromatic nitrogens is 2. The van der Waals surface area contributed by atoms with Gasteiger partial charge in [0.15, 0.2) is 0 Å². The second kappa shape index (κ2) is 10.9. The lowest BCUT2D eigenvalue weighted by Crippen LogP contribution is -2.36. The Morgan fingerprint density at radius 3 is 2.28 bits per heavy atom. The average molecular weight is 437 g/mol. The molecule has 0 aliphatic carbocycles. The molecule has 2 amide bonds. The van der Waals surface area contributed by atoms with Crippen LogP contribution in [0.1, 0.15) is 62.6 Å². The fourth-order valence-corrected chi connectivity index (χ4v) is 3.81. The Morgan fingerprint density at radius 2 is 1.72 bits per heavy atom. The van der Waals surface area contributed by atoms with Crippen LogP contribution in [0.5, 0.6) is 0 Å². The zero-order valence-corrected chi connectivity index (χ0v) is 19.4. The van der Waals surface area contributed by atoms with E-state index in [0.29, 0.717) is 13.1 Å². The molecule has 1 N–H and O–H groups in total. The molecule has 0 spiro atoms. The first-order valence-corrected chi connectivity index (χ1v) is 11.2. The summed E-state index contributed by atoms with van der Waals surface area (Å²) in [6.45, 7) is 10.3. The molecule has 0 aliphatic rings. The standard InChI is InChI=1S/C26H33FN4O/c1-19(2)23-7-5-8-24(20(3)4)25(23)29-26(32)31(15-6-14-30-16-13-28-18-30)17-21-9-11-22(27)12-10-21/h5,7-13,16,18-20H,6,14-15,17H2,1-4H3,(H,29,32). The highest BCUT2D eigenvalue weighted by molar-refractivity contribution is 5.91. The quantitative estimate of drug-likeness (QED) is 0.422. The molecular formula is C26H33FN4O. The zero-order valence-electron chi connectivity index (χ0n) is 19.4. The van der Waals surface area contributed by atoms with Crippen LogP contribution in [0.15, 0.2) is 61.2 Å². The molecule has 3 rings (SSSR count). The Bertz CT molecular complexity index is 971. The number of para-hydroxylation sites is 1. The smallest absolute Gasteiger partial charge is 0.322 e. The molecule has 0 radical (unpaired) electrons. The molecule has 0 fully saturated rings. The molecule has 0 saturated heterocycles.